The van der Waals surface area contributed by atoms with E-state index in [1.54, 1.807) is 30.3 Å². The Hall–Kier alpha value is -2.29. The van der Waals surface area contributed by atoms with Crippen LogP contribution in [0.25, 0.3) is 0 Å². The number of phenols is 1. The van der Waals surface area contributed by atoms with Crippen LogP contribution in [-0.2, 0) is 0 Å². The van der Waals surface area contributed by atoms with Crippen molar-refractivity contribution in [3.8, 4) is 11.5 Å². The quantitative estimate of drug-likeness (QED) is 0.819. The molecule has 0 bridgehead atoms. The van der Waals surface area contributed by atoms with Gasteiger partial charge in [-0.3, -0.25) is 4.79 Å². The molecule has 0 fully saturated rings. The SMILES string of the molecule is COc1cc(C(=O)c2cc[c]cc2)ccc1O. The van der Waals surface area contributed by atoms with E-state index < -0.39 is 0 Å². The van der Waals surface area contributed by atoms with Gasteiger partial charge in [-0.2, -0.15) is 0 Å². The first-order valence-corrected chi connectivity index (χ1v) is 5.10. The Bertz CT molecular complexity index is 532. The molecule has 0 amide bonds. The van der Waals surface area contributed by atoms with Gasteiger partial charge in [-0.15, -0.1) is 0 Å². The molecule has 1 radical (unpaired) electrons. The van der Waals surface area contributed by atoms with Gasteiger partial charge in [-0.1, -0.05) is 24.3 Å². The number of carbonyl (C=O) groups is 1. The lowest BCUT2D eigenvalue weighted by molar-refractivity contribution is 0.103. The summed E-state index contributed by atoms with van der Waals surface area (Å²) in [5.74, 6) is 0.195. The molecule has 1 N–H and O–H groups in total. The van der Waals surface area contributed by atoms with Gasteiger partial charge in [0.25, 0.3) is 0 Å². The van der Waals surface area contributed by atoms with Crippen molar-refractivity contribution in [3.05, 3.63) is 59.7 Å². The molecule has 0 aromatic heterocycles. The fourth-order valence-corrected chi connectivity index (χ4v) is 1.52. The summed E-state index contributed by atoms with van der Waals surface area (Å²) in [7, 11) is 1.45. The second-order valence-corrected chi connectivity index (χ2v) is 3.50. The monoisotopic (exact) mass is 227 g/mol. The minimum atomic E-state index is -0.114. The van der Waals surface area contributed by atoms with E-state index in [-0.39, 0.29) is 11.5 Å². The highest BCUT2D eigenvalue weighted by molar-refractivity contribution is 6.09. The molecule has 85 valence electrons. The number of hydrogen-bond acceptors (Lipinski definition) is 3. The van der Waals surface area contributed by atoms with E-state index in [1.807, 2.05) is 0 Å². The molecule has 2 aromatic rings. The van der Waals surface area contributed by atoms with Gasteiger partial charge in [-0.05, 0) is 24.3 Å². The van der Waals surface area contributed by atoms with Crippen LogP contribution in [0.4, 0.5) is 0 Å². The third-order valence-electron chi connectivity index (χ3n) is 2.42. The average Bonchev–Trinajstić information content (AvgIpc) is 2.39. The van der Waals surface area contributed by atoms with Gasteiger partial charge in [0.05, 0.1) is 7.11 Å². The first-order chi connectivity index (χ1) is 8.22. The van der Waals surface area contributed by atoms with Crippen LogP contribution in [0, 0.1) is 6.07 Å². The fourth-order valence-electron chi connectivity index (χ4n) is 1.52. The molecular formula is C14H11O3. The second-order valence-electron chi connectivity index (χ2n) is 3.50. The summed E-state index contributed by atoms with van der Waals surface area (Å²) >= 11 is 0. The van der Waals surface area contributed by atoms with Crippen LogP contribution in [0.5, 0.6) is 11.5 Å². The van der Waals surface area contributed by atoms with Crippen LogP contribution in [0.1, 0.15) is 15.9 Å². The molecule has 0 saturated carbocycles. The van der Waals surface area contributed by atoms with Crippen molar-refractivity contribution in [1.29, 1.82) is 0 Å². The van der Waals surface area contributed by atoms with Gasteiger partial charge in [0.1, 0.15) is 0 Å². The molecule has 0 aliphatic carbocycles. The van der Waals surface area contributed by atoms with Gasteiger partial charge in [0.15, 0.2) is 17.3 Å². The number of ketones is 1. The van der Waals surface area contributed by atoms with Crippen LogP contribution >= 0.6 is 0 Å². The molecule has 0 saturated heterocycles. The second kappa shape index (κ2) is 4.70. The van der Waals surface area contributed by atoms with E-state index in [0.29, 0.717) is 16.9 Å². The van der Waals surface area contributed by atoms with Crippen molar-refractivity contribution in [3.63, 3.8) is 0 Å². The smallest absolute Gasteiger partial charge is 0.193 e. The van der Waals surface area contributed by atoms with Crippen LogP contribution in [0.2, 0.25) is 0 Å². The molecule has 3 nitrogen and oxygen atoms in total. The van der Waals surface area contributed by atoms with Crippen molar-refractivity contribution in [2.45, 2.75) is 0 Å². The molecular weight excluding hydrogens is 216 g/mol. The molecule has 0 aliphatic heterocycles. The number of aromatic hydroxyl groups is 1. The molecule has 2 rings (SSSR count). The number of phenolic OH excluding ortho intramolecular Hbond substituents is 1. The van der Waals surface area contributed by atoms with Crippen molar-refractivity contribution in [2.75, 3.05) is 7.11 Å². The first-order valence-electron chi connectivity index (χ1n) is 5.10. The number of hydrogen-bond donors (Lipinski definition) is 1. The molecule has 17 heavy (non-hydrogen) atoms. The van der Waals surface area contributed by atoms with Crippen molar-refractivity contribution < 1.29 is 14.6 Å². The van der Waals surface area contributed by atoms with Gasteiger partial charge in [0, 0.05) is 11.1 Å². The number of methoxy groups -OCH3 is 1. The maximum atomic E-state index is 12.1. The number of carbonyl (C=O) groups excluding carboxylic acids is 1. The van der Waals surface area contributed by atoms with Crippen LogP contribution in [0.3, 0.4) is 0 Å². The van der Waals surface area contributed by atoms with E-state index in [1.165, 1.54) is 19.2 Å². The Kier molecular flexibility index (Phi) is 3.10. The predicted molar refractivity (Wildman–Crippen MR) is 63.4 cm³/mol. The zero-order valence-electron chi connectivity index (χ0n) is 9.31. The third-order valence-corrected chi connectivity index (χ3v) is 2.42. The van der Waals surface area contributed by atoms with Crippen molar-refractivity contribution >= 4 is 5.78 Å². The molecule has 0 spiro atoms. The molecule has 0 heterocycles. The Morgan fingerprint density at radius 3 is 2.53 bits per heavy atom. The fraction of sp³-hybridized carbons (Fsp3) is 0.0714. The lowest BCUT2D eigenvalue weighted by Gasteiger charge is -2.06. The molecule has 0 unspecified atom stereocenters. The summed E-state index contributed by atoms with van der Waals surface area (Å²) in [6.45, 7) is 0. The lowest BCUT2D eigenvalue weighted by Crippen LogP contribution is -2.01. The van der Waals surface area contributed by atoms with Gasteiger partial charge < -0.3 is 9.84 Å². The molecule has 3 heteroatoms. The summed E-state index contributed by atoms with van der Waals surface area (Å²) in [6, 6.07) is 14.2. The lowest BCUT2D eigenvalue weighted by atomic mass is 10.0. The van der Waals surface area contributed by atoms with E-state index in [4.69, 9.17) is 4.74 Å². The highest BCUT2D eigenvalue weighted by Crippen LogP contribution is 2.27. The minimum Gasteiger partial charge on any atom is -0.504 e. The minimum absolute atomic E-state index is 0.0189. The average molecular weight is 227 g/mol. The van der Waals surface area contributed by atoms with Crippen LogP contribution < -0.4 is 4.74 Å². The standard InChI is InChI=1S/C14H11O3/c1-17-13-9-11(7-8-12(13)15)14(16)10-5-3-2-4-6-10/h3-9,15H,1H3. The summed E-state index contributed by atoms with van der Waals surface area (Å²) < 4.78 is 4.96. The summed E-state index contributed by atoms with van der Waals surface area (Å²) in [6.07, 6.45) is 0. The highest BCUT2D eigenvalue weighted by Gasteiger charge is 2.11. The summed E-state index contributed by atoms with van der Waals surface area (Å²) in [5, 5.41) is 9.45. The van der Waals surface area contributed by atoms with Gasteiger partial charge in [0.2, 0.25) is 0 Å². The number of rotatable bonds is 3. The molecule has 0 atom stereocenters. The van der Waals surface area contributed by atoms with Crippen LogP contribution in [-0.4, -0.2) is 18.0 Å². The summed E-state index contributed by atoms with van der Waals surface area (Å²) in [4.78, 5) is 12.1. The topological polar surface area (TPSA) is 46.5 Å². The Labute approximate surface area is 99.3 Å². The van der Waals surface area contributed by atoms with Crippen molar-refractivity contribution in [2.24, 2.45) is 0 Å². The van der Waals surface area contributed by atoms with Gasteiger partial charge in [-0.25, -0.2) is 0 Å². The zero-order chi connectivity index (χ0) is 12.3. The maximum Gasteiger partial charge on any atom is 0.193 e. The summed E-state index contributed by atoms with van der Waals surface area (Å²) in [5.41, 5.74) is 1.06. The third kappa shape index (κ3) is 2.28. The van der Waals surface area contributed by atoms with Crippen LogP contribution in [0.15, 0.2) is 42.5 Å². The first kappa shape index (κ1) is 11.2. The Morgan fingerprint density at radius 1 is 1.18 bits per heavy atom. The predicted octanol–water partition coefficient (Wildman–Crippen LogP) is 2.43. The largest absolute Gasteiger partial charge is 0.504 e. The number of ether oxygens (including phenoxy) is 1. The van der Waals surface area contributed by atoms with Crippen molar-refractivity contribution in [1.82, 2.24) is 0 Å². The van der Waals surface area contributed by atoms with Gasteiger partial charge >= 0.3 is 0 Å². The highest BCUT2D eigenvalue weighted by atomic mass is 16.5. The Morgan fingerprint density at radius 2 is 1.88 bits per heavy atom. The number of benzene rings is 2. The molecule has 0 aliphatic rings. The maximum absolute atomic E-state index is 12.1. The van der Waals surface area contributed by atoms with E-state index >= 15 is 0 Å². The molecule has 2 aromatic carbocycles. The normalized spacial score (nSPS) is 9.94. The zero-order valence-corrected chi connectivity index (χ0v) is 9.31. The van der Waals surface area contributed by atoms with E-state index in [0.717, 1.165) is 0 Å². The Balaban J connectivity index is 2.38. The van der Waals surface area contributed by atoms with E-state index in [9.17, 15) is 9.90 Å². The van der Waals surface area contributed by atoms with E-state index in [2.05, 4.69) is 6.07 Å².